The first-order chi connectivity index (χ1) is 12.4. The lowest BCUT2D eigenvalue weighted by atomic mass is 10.1. The number of anilines is 2. The van der Waals surface area contributed by atoms with Crippen LogP contribution in [0.2, 0.25) is 0 Å². The number of para-hydroxylation sites is 1. The molecule has 0 saturated heterocycles. The third kappa shape index (κ3) is 3.82. The van der Waals surface area contributed by atoms with Crippen LogP contribution < -0.4 is 10.6 Å². The molecular formula is C21H22N2O3. The van der Waals surface area contributed by atoms with Crippen molar-refractivity contribution < 1.29 is 14.4 Å². The van der Waals surface area contributed by atoms with Gasteiger partial charge in [0.25, 0.3) is 0 Å². The van der Waals surface area contributed by atoms with Crippen molar-refractivity contribution >= 4 is 29.0 Å². The second-order valence-corrected chi connectivity index (χ2v) is 6.83. The molecule has 0 heterocycles. The largest absolute Gasteiger partial charge is 0.326 e. The molecule has 5 nitrogen and oxygen atoms in total. The topological polar surface area (TPSA) is 75.3 Å². The van der Waals surface area contributed by atoms with Crippen LogP contribution in [0.3, 0.4) is 0 Å². The van der Waals surface area contributed by atoms with Gasteiger partial charge in [0.15, 0.2) is 5.78 Å². The van der Waals surface area contributed by atoms with Crippen LogP contribution in [0.4, 0.5) is 11.4 Å². The molecule has 1 aliphatic rings. The van der Waals surface area contributed by atoms with Gasteiger partial charge in [0.2, 0.25) is 11.8 Å². The Morgan fingerprint density at radius 2 is 1.38 bits per heavy atom. The van der Waals surface area contributed by atoms with Gasteiger partial charge in [0, 0.05) is 16.9 Å². The molecule has 2 N–H and O–H groups in total. The summed E-state index contributed by atoms with van der Waals surface area (Å²) in [4.78, 5) is 36.1. The van der Waals surface area contributed by atoms with Gasteiger partial charge in [0.1, 0.15) is 0 Å². The normalized spacial score (nSPS) is 18.1. The maximum atomic E-state index is 12.4. The third-order valence-corrected chi connectivity index (χ3v) is 4.75. The second kappa shape index (κ2) is 7.12. The maximum Gasteiger partial charge on any atom is 0.228 e. The highest BCUT2D eigenvalue weighted by Crippen LogP contribution is 2.40. The molecule has 0 aromatic heterocycles. The second-order valence-electron chi connectivity index (χ2n) is 6.83. The number of aryl methyl sites for hydroxylation is 2. The van der Waals surface area contributed by atoms with Crippen LogP contribution in [0.1, 0.15) is 34.8 Å². The minimum absolute atomic E-state index is 0.0201. The number of hydrogen-bond donors (Lipinski definition) is 2. The van der Waals surface area contributed by atoms with Gasteiger partial charge in [-0.15, -0.1) is 0 Å². The van der Waals surface area contributed by atoms with Crippen molar-refractivity contribution in [2.75, 3.05) is 10.6 Å². The molecule has 134 valence electrons. The molecule has 0 spiro atoms. The standard InChI is InChI=1S/C21H22N2O3/c1-12-5-4-6-13(2)19(12)23-21(26)18-11-17(18)20(25)22-16-9-7-15(8-10-16)14(3)24/h4-10,17-18H,11H2,1-3H3,(H,22,25)(H,23,26). The Hall–Kier alpha value is -2.95. The number of nitrogens with one attached hydrogen (secondary N) is 2. The van der Waals surface area contributed by atoms with E-state index in [2.05, 4.69) is 10.6 Å². The van der Waals surface area contributed by atoms with Crippen molar-refractivity contribution in [1.29, 1.82) is 0 Å². The summed E-state index contributed by atoms with van der Waals surface area (Å²) in [6.07, 6.45) is 0.550. The number of ketones is 1. The Bertz CT molecular complexity index is 851. The lowest BCUT2D eigenvalue weighted by molar-refractivity contribution is -0.122. The SMILES string of the molecule is CC(=O)c1ccc(NC(=O)C2CC2C(=O)Nc2c(C)cccc2C)cc1. The Balaban J connectivity index is 1.58. The molecule has 0 aliphatic heterocycles. The first kappa shape index (κ1) is 17.9. The smallest absolute Gasteiger partial charge is 0.228 e. The predicted molar refractivity (Wildman–Crippen MR) is 101 cm³/mol. The summed E-state index contributed by atoms with van der Waals surface area (Å²) in [5.41, 5.74) is 4.06. The summed E-state index contributed by atoms with van der Waals surface area (Å²) in [5, 5.41) is 5.76. The molecule has 2 atom stereocenters. The number of hydrogen-bond acceptors (Lipinski definition) is 3. The highest BCUT2D eigenvalue weighted by atomic mass is 16.2. The van der Waals surface area contributed by atoms with Crippen LogP contribution in [0.15, 0.2) is 42.5 Å². The fourth-order valence-corrected chi connectivity index (χ4v) is 3.03. The summed E-state index contributed by atoms with van der Waals surface area (Å²) in [7, 11) is 0. The number of benzene rings is 2. The summed E-state index contributed by atoms with van der Waals surface area (Å²) in [5.74, 6) is -0.915. The zero-order valence-electron chi connectivity index (χ0n) is 15.1. The predicted octanol–water partition coefficient (Wildman–Crippen LogP) is 3.72. The molecule has 26 heavy (non-hydrogen) atoms. The van der Waals surface area contributed by atoms with E-state index in [-0.39, 0.29) is 29.4 Å². The van der Waals surface area contributed by atoms with Gasteiger partial charge in [-0.05, 0) is 62.6 Å². The van der Waals surface area contributed by atoms with E-state index in [1.165, 1.54) is 6.92 Å². The molecule has 0 radical (unpaired) electrons. The van der Waals surface area contributed by atoms with Crippen molar-refractivity contribution in [3.05, 3.63) is 59.2 Å². The molecule has 3 rings (SSSR count). The first-order valence-electron chi connectivity index (χ1n) is 8.65. The maximum absolute atomic E-state index is 12.4. The molecule has 2 aromatic rings. The summed E-state index contributed by atoms with van der Waals surface area (Å²) in [6, 6.07) is 12.6. The van der Waals surface area contributed by atoms with Crippen LogP contribution in [-0.4, -0.2) is 17.6 Å². The average molecular weight is 350 g/mol. The van der Waals surface area contributed by atoms with Crippen LogP contribution in [0, 0.1) is 25.7 Å². The molecule has 2 amide bonds. The summed E-state index contributed by atoms with van der Waals surface area (Å²) in [6.45, 7) is 5.39. The average Bonchev–Trinajstić information content (AvgIpc) is 3.39. The van der Waals surface area contributed by atoms with Gasteiger partial charge in [-0.1, -0.05) is 18.2 Å². The van der Waals surface area contributed by atoms with E-state index in [1.807, 2.05) is 32.0 Å². The van der Waals surface area contributed by atoms with E-state index in [9.17, 15) is 14.4 Å². The van der Waals surface area contributed by atoms with Crippen molar-refractivity contribution in [1.82, 2.24) is 0 Å². The van der Waals surface area contributed by atoms with E-state index in [0.717, 1.165) is 16.8 Å². The zero-order valence-corrected chi connectivity index (χ0v) is 15.1. The Kier molecular flexibility index (Phi) is 4.89. The lowest BCUT2D eigenvalue weighted by Crippen LogP contribution is -2.21. The first-order valence-corrected chi connectivity index (χ1v) is 8.65. The quantitative estimate of drug-likeness (QED) is 0.807. The number of amides is 2. The van der Waals surface area contributed by atoms with Gasteiger partial charge < -0.3 is 10.6 Å². The van der Waals surface area contributed by atoms with E-state index in [1.54, 1.807) is 24.3 Å². The molecular weight excluding hydrogens is 328 g/mol. The monoisotopic (exact) mass is 350 g/mol. The van der Waals surface area contributed by atoms with Crippen LogP contribution >= 0.6 is 0 Å². The lowest BCUT2D eigenvalue weighted by Gasteiger charge is -2.11. The summed E-state index contributed by atoms with van der Waals surface area (Å²) >= 11 is 0. The van der Waals surface area contributed by atoms with Gasteiger partial charge in [-0.25, -0.2) is 0 Å². The van der Waals surface area contributed by atoms with Crippen molar-refractivity contribution in [2.24, 2.45) is 11.8 Å². The number of carbonyl (C=O) groups is 3. The van der Waals surface area contributed by atoms with Gasteiger partial charge in [-0.2, -0.15) is 0 Å². The molecule has 5 heteroatoms. The minimum atomic E-state index is -0.313. The van der Waals surface area contributed by atoms with Crippen molar-refractivity contribution in [2.45, 2.75) is 27.2 Å². The number of rotatable bonds is 5. The fraction of sp³-hybridized carbons (Fsp3) is 0.286. The number of carbonyl (C=O) groups excluding carboxylic acids is 3. The highest BCUT2D eigenvalue weighted by Gasteiger charge is 2.48. The van der Waals surface area contributed by atoms with Crippen LogP contribution in [0.25, 0.3) is 0 Å². The molecule has 2 unspecified atom stereocenters. The van der Waals surface area contributed by atoms with Gasteiger partial charge in [-0.3, -0.25) is 14.4 Å². The Morgan fingerprint density at radius 1 is 0.846 bits per heavy atom. The van der Waals surface area contributed by atoms with E-state index in [4.69, 9.17) is 0 Å². The minimum Gasteiger partial charge on any atom is -0.326 e. The molecule has 1 fully saturated rings. The third-order valence-electron chi connectivity index (χ3n) is 4.75. The molecule has 0 bridgehead atoms. The van der Waals surface area contributed by atoms with Crippen LogP contribution in [0.5, 0.6) is 0 Å². The van der Waals surface area contributed by atoms with Crippen molar-refractivity contribution in [3.63, 3.8) is 0 Å². The summed E-state index contributed by atoms with van der Waals surface area (Å²) < 4.78 is 0. The fourth-order valence-electron chi connectivity index (χ4n) is 3.03. The van der Waals surface area contributed by atoms with E-state index < -0.39 is 0 Å². The Morgan fingerprint density at radius 3 is 1.92 bits per heavy atom. The molecule has 1 aliphatic carbocycles. The molecule has 1 saturated carbocycles. The van der Waals surface area contributed by atoms with E-state index in [0.29, 0.717) is 17.7 Å². The van der Waals surface area contributed by atoms with Gasteiger partial charge >= 0.3 is 0 Å². The molecule has 2 aromatic carbocycles. The van der Waals surface area contributed by atoms with Crippen molar-refractivity contribution in [3.8, 4) is 0 Å². The van der Waals surface area contributed by atoms with E-state index >= 15 is 0 Å². The zero-order chi connectivity index (χ0) is 18.8. The highest BCUT2D eigenvalue weighted by molar-refractivity contribution is 6.04. The number of Topliss-reactive ketones (excluding diaryl/α,β-unsaturated/α-hetero) is 1. The van der Waals surface area contributed by atoms with Gasteiger partial charge in [0.05, 0.1) is 11.8 Å². The van der Waals surface area contributed by atoms with Crippen LogP contribution in [-0.2, 0) is 9.59 Å². The Labute approximate surface area is 152 Å².